The van der Waals surface area contributed by atoms with Crippen LogP contribution in [0.3, 0.4) is 0 Å². The highest BCUT2D eigenvalue weighted by atomic mass is 16.3. The van der Waals surface area contributed by atoms with E-state index in [9.17, 15) is 15.0 Å². The topological polar surface area (TPSA) is 60.8 Å². The van der Waals surface area contributed by atoms with Crippen molar-refractivity contribution < 1.29 is 15.0 Å². The molecule has 0 heterocycles. The molecule has 0 aromatic heterocycles. The molecule has 2 aromatic carbocycles. The minimum Gasteiger partial charge on any atom is -0.391 e. The summed E-state index contributed by atoms with van der Waals surface area (Å²) in [4.78, 5) is 14.2. The molecule has 0 radical (unpaired) electrons. The highest BCUT2D eigenvalue weighted by Gasteiger charge is 2.25. The van der Waals surface area contributed by atoms with Crippen molar-refractivity contribution in [3.63, 3.8) is 0 Å². The van der Waals surface area contributed by atoms with E-state index in [1.807, 2.05) is 43.3 Å². The monoisotopic (exact) mass is 313 g/mol. The standard InChI is InChI=1S/C19H23NO3/c1-2-17(21)14-20(13-15-9-5-3-6-10-15)19(23)18(22)16-11-7-4-8-12-16/h3-12,17-18,21-22H,2,13-14H2,1H3/t17?,18-/m0/s1. The van der Waals surface area contributed by atoms with Crippen LogP contribution >= 0.6 is 0 Å². The Morgan fingerprint density at radius 2 is 1.57 bits per heavy atom. The molecule has 0 fully saturated rings. The number of carbonyl (C=O) groups excluding carboxylic acids is 1. The molecule has 0 bridgehead atoms. The summed E-state index contributed by atoms with van der Waals surface area (Å²) in [5, 5.41) is 20.3. The Hall–Kier alpha value is -2.17. The number of amides is 1. The maximum atomic E-state index is 12.7. The predicted octanol–water partition coefficient (Wildman–Crippen LogP) is 2.52. The third-order valence-electron chi connectivity index (χ3n) is 3.78. The molecule has 0 saturated carbocycles. The summed E-state index contributed by atoms with van der Waals surface area (Å²) in [5.74, 6) is -0.396. The van der Waals surface area contributed by atoms with Gasteiger partial charge >= 0.3 is 0 Å². The Balaban J connectivity index is 2.16. The second kappa shape index (κ2) is 8.46. The van der Waals surface area contributed by atoms with Crippen LogP contribution in [0, 0.1) is 0 Å². The number of hydrogen-bond acceptors (Lipinski definition) is 3. The second-order valence-electron chi connectivity index (χ2n) is 5.58. The first-order valence-corrected chi connectivity index (χ1v) is 7.85. The number of aliphatic hydroxyl groups excluding tert-OH is 2. The van der Waals surface area contributed by atoms with Crippen LogP contribution in [-0.4, -0.2) is 33.7 Å². The lowest BCUT2D eigenvalue weighted by Crippen LogP contribution is -2.39. The van der Waals surface area contributed by atoms with E-state index in [1.165, 1.54) is 4.90 Å². The normalized spacial score (nSPS) is 13.3. The molecule has 0 spiro atoms. The molecule has 0 saturated heterocycles. The molecule has 122 valence electrons. The fourth-order valence-electron chi connectivity index (χ4n) is 2.37. The van der Waals surface area contributed by atoms with Crippen LogP contribution in [0.1, 0.15) is 30.6 Å². The molecule has 4 nitrogen and oxygen atoms in total. The van der Waals surface area contributed by atoms with E-state index in [1.54, 1.807) is 24.3 Å². The molecular weight excluding hydrogens is 290 g/mol. The van der Waals surface area contributed by atoms with Gasteiger partial charge in [-0.2, -0.15) is 0 Å². The van der Waals surface area contributed by atoms with Gasteiger partial charge in [0.2, 0.25) is 0 Å². The molecule has 0 aliphatic carbocycles. The summed E-state index contributed by atoms with van der Waals surface area (Å²) in [6.45, 7) is 2.43. The third-order valence-corrected chi connectivity index (χ3v) is 3.78. The highest BCUT2D eigenvalue weighted by Crippen LogP contribution is 2.18. The largest absolute Gasteiger partial charge is 0.391 e. The van der Waals surface area contributed by atoms with E-state index in [0.717, 1.165) is 5.56 Å². The highest BCUT2D eigenvalue weighted by molar-refractivity contribution is 5.82. The van der Waals surface area contributed by atoms with Gasteiger partial charge in [-0.25, -0.2) is 0 Å². The Kier molecular flexibility index (Phi) is 6.32. The molecule has 23 heavy (non-hydrogen) atoms. The van der Waals surface area contributed by atoms with Gasteiger partial charge in [0.25, 0.3) is 5.91 Å². The number of nitrogens with zero attached hydrogens (tertiary/aromatic N) is 1. The van der Waals surface area contributed by atoms with E-state index < -0.39 is 18.1 Å². The van der Waals surface area contributed by atoms with Crippen molar-refractivity contribution in [1.82, 2.24) is 4.90 Å². The maximum Gasteiger partial charge on any atom is 0.256 e. The molecule has 0 aliphatic rings. The Morgan fingerprint density at radius 1 is 1.00 bits per heavy atom. The number of carbonyl (C=O) groups is 1. The molecule has 0 aliphatic heterocycles. The van der Waals surface area contributed by atoms with Gasteiger partial charge in [0, 0.05) is 13.1 Å². The van der Waals surface area contributed by atoms with Crippen LogP contribution < -0.4 is 0 Å². The average Bonchev–Trinajstić information content (AvgIpc) is 2.61. The van der Waals surface area contributed by atoms with Crippen molar-refractivity contribution in [3.05, 3.63) is 71.8 Å². The third kappa shape index (κ3) is 4.91. The predicted molar refractivity (Wildman–Crippen MR) is 89.6 cm³/mol. The molecule has 2 atom stereocenters. The van der Waals surface area contributed by atoms with Gasteiger partial charge in [0.15, 0.2) is 6.10 Å². The van der Waals surface area contributed by atoms with Crippen LogP contribution in [0.15, 0.2) is 60.7 Å². The van der Waals surface area contributed by atoms with E-state index in [-0.39, 0.29) is 6.54 Å². The summed E-state index contributed by atoms with van der Waals surface area (Å²) in [7, 11) is 0. The van der Waals surface area contributed by atoms with Crippen LogP contribution in [0.2, 0.25) is 0 Å². The van der Waals surface area contributed by atoms with Crippen LogP contribution in [0.25, 0.3) is 0 Å². The molecular formula is C19H23NO3. The Bertz CT molecular complexity index is 601. The van der Waals surface area contributed by atoms with E-state index in [2.05, 4.69) is 0 Å². The quantitative estimate of drug-likeness (QED) is 0.826. The zero-order chi connectivity index (χ0) is 16.7. The molecule has 1 unspecified atom stereocenters. The number of rotatable bonds is 7. The SMILES string of the molecule is CCC(O)CN(Cc1ccccc1)C(=O)[C@@H](O)c1ccccc1. The summed E-state index contributed by atoms with van der Waals surface area (Å²) < 4.78 is 0. The van der Waals surface area contributed by atoms with Gasteiger partial charge in [-0.3, -0.25) is 4.79 Å². The molecule has 1 amide bonds. The lowest BCUT2D eigenvalue weighted by Gasteiger charge is -2.27. The first-order valence-electron chi connectivity index (χ1n) is 7.85. The molecule has 2 rings (SSSR count). The molecule has 4 heteroatoms. The van der Waals surface area contributed by atoms with Gasteiger partial charge in [0.05, 0.1) is 6.10 Å². The minimum absolute atomic E-state index is 0.203. The van der Waals surface area contributed by atoms with Crippen molar-refractivity contribution in [2.45, 2.75) is 32.1 Å². The summed E-state index contributed by atoms with van der Waals surface area (Å²) in [6, 6.07) is 18.4. The first kappa shape index (κ1) is 17.2. The fourth-order valence-corrected chi connectivity index (χ4v) is 2.37. The number of aliphatic hydroxyl groups is 2. The lowest BCUT2D eigenvalue weighted by atomic mass is 10.1. The molecule has 2 aromatic rings. The Labute approximate surface area is 137 Å². The zero-order valence-corrected chi connectivity index (χ0v) is 13.3. The smallest absolute Gasteiger partial charge is 0.256 e. The molecule has 2 N–H and O–H groups in total. The van der Waals surface area contributed by atoms with E-state index in [0.29, 0.717) is 18.5 Å². The summed E-state index contributed by atoms with van der Waals surface area (Å²) >= 11 is 0. The van der Waals surface area contributed by atoms with Crippen molar-refractivity contribution in [3.8, 4) is 0 Å². The first-order chi connectivity index (χ1) is 11.1. The van der Waals surface area contributed by atoms with Gasteiger partial charge in [-0.1, -0.05) is 67.6 Å². The van der Waals surface area contributed by atoms with Crippen LogP contribution in [0.5, 0.6) is 0 Å². The number of benzene rings is 2. The van der Waals surface area contributed by atoms with Crippen molar-refractivity contribution >= 4 is 5.91 Å². The minimum atomic E-state index is -1.22. The zero-order valence-electron chi connectivity index (χ0n) is 13.3. The summed E-state index contributed by atoms with van der Waals surface area (Å²) in [5.41, 5.74) is 1.52. The van der Waals surface area contributed by atoms with Crippen LogP contribution in [-0.2, 0) is 11.3 Å². The van der Waals surface area contributed by atoms with Gasteiger partial charge in [-0.05, 0) is 17.5 Å². The fraction of sp³-hybridized carbons (Fsp3) is 0.316. The second-order valence-corrected chi connectivity index (χ2v) is 5.58. The Morgan fingerprint density at radius 3 is 2.13 bits per heavy atom. The lowest BCUT2D eigenvalue weighted by molar-refractivity contribution is -0.142. The average molecular weight is 313 g/mol. The van der Waals surface area contributed by atoms with Crippen molar-refractivity contribution in [2.75, 3.05) is 6.54 Å². The van der Waals surface area contributed by atoms with Gasteiger partial charge < -0.3 is 15.1 Å². The van der Waals surface area contributed by atoms with Crippen molar-refractivity contribution in [2.24, 2.45) is 0 Å². The maximum absolute atomic E-state index is 12.7. The van der Waals surface area contributed by atoms with E-state index in [4.69, 9.17) is 0 Å². The van der Waals surface area contributed by atoms with E-state index >= 15 is 0 Å². The van der Waals surface area contributed by atoms with Gasteiger partial charge in [0.1, 0.15) is 0 Å². The number of hydrogen-bond donors (Lipinski definition) is 2. The van der Waals surface area contributed by atoms with Gasteiger partial charge in [-0.15, -0.1) is 0 Å². The van der Waals surface area contributed by atoms with Crippen LogP contribution in [0.4, 0.5) is 0 Å². The summed E-state index contributed by atoms with van der Waals surface area (Å²) in [6.07, 6.45) is -1.27. The van der Waals surface area contributed by atoms with Crippen molar-refractivity contribution in [1.29, 1.82) is 0 Å².